The van der Waals surface area contributed by atoms with Gasteiger partial charge in [0, 0.05) is 26.0 Å². The Hall–Kier alpha value is -0.900. The summed E-state index contributed by atoms with van der Waals surface area (Å²) in [5.74, 6) is 0.155. The van der Waals surface area contributed by atoms with E-state index in [4.69, 9.17) is 5.11 Å². The van der Waals surface area contributed by atoms with Crippen LogP contribution in [0, 0.1) is 5.92 Å². The van der Waals surface area contributed by atoms with Crippen molar-refractivity contribution in [3.63, 3.8) is 0 Å². The van der Waals surface area contributed by atoms with Gasteiger partial charge in [-0.25, -0.2) is 0 Å². The van der Waals surface area contributed by atoms with Crippen molar-refractivity contribution in [3.8, 4) is 0 Å². The van der Waals surface area contributed by atoms with Gasteiger partial charge < -0.3 is 5.11 Å². The van der Waals surface area contributed by atoms with Crippen LogP contribution >= 0.6 is 0 Å². The maximum Gasteiger partial charge on any atom is 0.229 e. The first-order valence-corrected chi connectivity index (χ1v) is 6.09. The summed E-state index contributed by atoms with van der Waals surface area (Å²) in [7, 11) is 0. The van der Waals surface area contributed by atoms with Crippen molar-refractivity contribution >= 4 is 11.8 Å². The lowest BCUT2D eigenvalue weighted by Gasteiger charge is -2.28. The number of aliphatic hydroxyl groups is 1. The van der Waals surface area contributed by atoms with E-state index in [1.54, 1.807) is 0 Å². The van der Waals surface area contributed by atoms with Crippen LogP contribution in [0.15, 0.2) is 0 Å². The zero-order valence-electron chi connectivity index (χ0n) is 9.95. The number of carbonyl (C=O) groups is 2. The minimum Gasteiger partial charge on any atom is -0.396 e. The minimum atomic E-state index is -0.0223. The van der Waals surface area contributed by atoms with Gasteiger partial charge in [-0.2, -0.15) is 0 Å². The Morgan fingerprint density at radius 2 is 1.69 bits per heavy atom. The quantitative estimate of drug-likeness (QED) is 0.550. The van der Waals surface area contributed by atoms with E-state index in [0.717, 1.165) is 25.7 Å². The minimum absolute atomic E-state index is 0.0223. The average molecular weight is 227 g/mol. The number of piperidine rings is 1. The van der Waals surface area contributed by atoms with Crippen molar-refractivity contribution in [1.29, 1.82) is 0 Å². The highest BCUT2D eigenvalue weighted by Gasteiger charge is 2.29. The largest absolute Gasteiger partial charge is 0.396 e. The first kappa shape index (κ1) is 13.2. The predicted molar refractivity (Wildman–Crippen MR) is 60.7 cm³/mol. The molecule has 2 amide bonds. The molecule has 1 fully saturated rings. The van der Waals surface area contributed by atoms with E-state index in [9.17, 15) is 9.59 Å². The molecule has 4 nitrogen and oxygen atoms in total. The van der Waals surface area contributed by atoms with Gasteiger partial charge in [-0.05, 0) is 18.8 Å². The third-order valence-corrected chi connectivity index (χ3v) is 2.94. The smallest absolute Gasteiger partial charge is 0.229 e. The lowest BCUT2D eigenvalue weighted by molar-refractivity contribution is -0.149. The number of hydrogen-bond donors (Lipinski definition) is 1. The third-order valence-electron chi connectivity index (χ3n) is 2.94. The fourth-order valence-electron chi connectivity index (χ4n) is 2.01. The molecule has 1 rings (SSSR count). The summed E-state index contributed by atoms with van der Waals surface area (Å²) < 4.78 is 0. The van der Waals surface area contributed by atoms with E-state index >= 15 is 0 Å². The molecule has 1 aliphatic rings. The van der Waals surface area contributed by atoms with Crippen molar-refractivity contribution in [2.75, 3.05) is 13.2 Å². The summed E-state index contributed by atoms with van der Waals surface area (Å²) in [5, 5.41) is 8.61. The molecule has 0 spiro atoms. The first-order valence-electron chi connectivity index (χ1n) is 6.09. The molecule has 1 N–H and O–H groups in total. The molecule has 0 unspecified atom stereocenters. The zero-order valence-corrected chi connectivity index (χ0v) is 9.95. The van der Waals surface area contributed by atoms with Gasteiger partial charge in [-0.3, -0.25) is 14.5 Å². The Bertz CT molecular complexity index is 235. The van der Waals surface area contributed by atoms with Gasteiger partial charge in [0.05, 0.1) is 0 Å². The number of carbonyl (C=O) groups excluding carboxylic acids is 2. The highest BCUT2D eigenvalue weighted by Crippen LogP contribution is 2.19. The number of rotatable bonds is 6. The molecule has 0 bridgehead atoms. The first-order chi connectivity index (χ1) is 7.65. The van der Waals surface area contributed by atoms with Crippen LogP contribution in [0.2, 0.25) is 0 Å². The molecular formula is C12H21NO3. The number of nitrogens with zero attached hydrogens (tertiary/aromatic N) is 1. The van der Waals surface area contributed by atoms with Crippen LogP contribution < -0.4 is 0 Å². The Labute approximate surface area is 96.6 Å². The van der Waals surface area contributed by atoms with Gasteiger partial charge in [0.2, 0.25) is 11.8 Å². The van der Waals surface area contributed by atoms with Gasteiger partial charge in [-0.1, -0.05) is 19.8 Å². The molecule has 0 aromatic carbocycles. The van der Waals surface area contributed by atoms with Crippen molar-refractivity contribution < 1.29 is 14.7 Å². The maximum atomic E-state index is 11.6. The fraction of sp³-hybridized carbons (Fsp3) is 0.833. The maximum absolute atomic E-state index is 11.6. The SMILES string of the molecule is CC1CC(=O)N(CCCCCCO)C(=O)C1. The molecule has 0 aromatic heterocycles. The molecule has 1 saturated heterocycles. The second-order valence-electron chi connectivity index (χ2n) is 4.59. The molecule has 92 valence electrons. The van der Waals surface area contributed by atoms with E-state index in [2.05, 4.69) is 0 Å². The van der Waals surface area contributed by atoms with Crippen LogP contribution in [0.5, 0.6) is 0 Å². The molecule has 0 saturated carbocycles. The average Bonchev–Trinajstić information content (AvgIpc) is 2.20. The number of aliphatic hydroxyl groups excluding tert-OH is 1. The number of amides is 2. The summed E-state index contributed by atoms with van der Waals surface area (Å²) in [4.78, 5) is 24.6. The monoisotopic (exact) mass is 227 g/mol. The number of hydrogen-bond acceptors (Lipinski definition) is 3. The normalized spacial score (nSPS) is 18.2. The van der Waals surface area contributed by atoms with Crippen LogP contribution in [0.4, 0.5) is 0 Å². The highest BCUT2D eigenvalue weighted by molar-refractivity contribution is 5.97. The van der Waals surface area contributed by atoms with Gasteiger partial charge in [0.15, 0.2) is 0 Å². The van der Waals surface area contributed by atoms with Gasteiger partial charge >= 0.3 is 0 Å². The molecular weight excluding hydrogens is 206 g/mol. The van der Waals surface area contributed by atoms with Crippen LogP contribution in [0.3, 0.4) is 0 Å². The second kappa shape index (κ2) is 6.63. The Kier molecular flexibility index (Phi) is 5.46. The van der Waals surface area contributed by atoms with Gasteiger partial charge in [0.25, 0.3) is 0 Å². The summed E-state index contributed by atoms with van der Waals surface area (Å²) in [6.07, 6.45) is 4.59. The summed E-state index contributed by atoms with van der Waals surface area (Å²) in [6.45, 7) is 2.71. The number of unbranched alkanes of at least 4 members (excludes halogenated alkanes) is 3. The van der Waals surface area contributed by atoms with Crippen molar-refractivity contribution in [1.82, 2.24) is 4.90 Å². The second-order valence-corrected chi connectivity index (χ2v) is 4.59. The topological polar surface area (TPSA) is 57.6 Å². The molecule has 1 aliphatic heterocycles. The van der Waals surface area contributed by atoms with E-state index in [0.29, 0.717) is 19.4 Å². The van der Waals surface area contributed by atoms with E-state index in [1.165, 1.54) is 4.90 Å². The van der Waals surface area contributed by atoms with E-state index < -0.39 is 0 Å². The van der Waals surface area contributed by atoms with Gasteiger partial charge in [-0.15, -0.1) is 0 Å². The fourth-order valence-corrected chi connectivity index (χ4v) is 2.01. The van der Waals surface area contributed by atoms with E-state index in [-0.39, 0.29) is 24.3 Å². The lowest BCUT2D eigenvalue weighted by atomic mass is 9.97. The predicted octanol–water partition coefficient (Wildman–Crippen LogP) is 1.32. The van der Waals surface area contributed by atoms with Crippen molar-refractivity contribution in [3.05, 3.63) is 0 Å². The lowest BCUT2D eigenvalue weighted by Crippen LogP contribution is -2.43. The molecule has 0 aliphatic carbocycles. The summed E-state index contributed by atoms with van der Waals surface area (Å²) in [5.41, 5.74) is 0. The molecule has 0 aromatic rings. The Morgan fingerprint density at radius 3 is 2.25 bits per heavy atom. The number of likely N-dealkylation sites (tertiary alicyclic amines) is 1. The number of imide groups is 1. The highest BCUT2D eigenvalue weighted by atomic mass is 16.3. The molecule has 0 atom stereocenters. The van der Waals surface area contributed by atoms with Crippen molar-refractivity contribution in [2.24, 2.45) is 5.92 Å². The van der Waals surface area contributed by atoms with Crippen LogP contribution in [0.1, 0.15) is 45.4 Å². The van der Waals surface area contributed by atoms with Crippen LogP contribution in [0.25, 0.3) is 0 Å². The van der Waals surface area contributed by atoms with Crippen LogP contribution in [-0.2, 0) is 9.59 Å². The Balaban J connectivity index is 2.25. The molecule has 4 heteroatoms. The van der Waals surface area contributed by atoms with Gasteiger partial charge in [0.1, 0.15) is 0 Å². The molecule has 0 radical (unpaired) electrons. The van der Waals surface area contributed by atoms with Crippen molar-refractivity contribution in [2.45, 2.75) is 45.4 Å². The standard InChI is InChI=1S/C12H21NO3/c1-10-8-11(15)13(12(16)9-10)6-4-2-3-5-7-14/h10,14H,2-9H2,1H3. The van der Waals surface area contributed by atoms with E-state index in [1.807, 2.05) is 6.92 Å². The zero-order chi connectivity index (χ0) is 12.0. The van der Waals surface area contributed by atoms with Crippen LogP contribution in [-0.4, -0.2) is 35.0 Å². The summed E-state index contributed by atoms with van der Waals surface area (Å²) >= 11 is 0. The third kappa shape index (κ3) is 3.93. The summed E-state index contributed by atoms with van der Waals surface area (Å²) in [6, 6.07) is 0. The Morgan fingerprint density at radius 1 is 1.12 bits per heavy atom. The molecule has 16 heavy (non-hydrogen) atoms. The molecule has 1 heterocycles.